The Labute approximate surface area is 232 Å². The number of carbonyl (C=O) groups excluding carboxylic acids is 2. The van der Waals surface area contributed by atoms with E-state index in [-0.39, 0.29) is 31.1 Å². The van der Waals surface area contributed by atoms with Crippen LogP contribution in [0.4, 0.5) is 18.9 Å². The van der Waals surface area contributed by atoms with Crippen molar-refractivity contribution in [2.75, 3.05) is 44.6 Å². The number of carbonyl (C=O) groups is 2. The van der Waals surface area contributed by atoms with Crippen molar-refractivity contribution < 1.29 is 27.9 Å². The van der Waals surface area contributed by atoms with Gasteiger partial charge in [-0.05, 0) is 63.3 Å². The molecule has 2 amide bonds. The summed E-state index contributed by atoms with van der Waals surface area (Å²) in [7, 11) is 0. The Kier molecular flexibility index (Phi) is 8.98. The summed E-state index contributed by atoms with van der Waals surface area (Å²) in [5, 5.41) is 14.5. The third kappa shape index (κ3) is 5.98. The van der Waals surface area contributed by atoms with E-state index in [0.29, 0.717) is 49.4 Å². The van der Waals surface area contributed by atoms with Gasteiger partial charge in [-0.1, -0.05) is 29.8 Å². The molecule has 2 aliphatic heterocycles. The van der Waals surface area contributed by atoms with Gasteiger partial charge in [-0.25, -0.2) is 0 Å². The van der Waals surface area contributed by atoms with E-state index in [4.69, 9.17) is 11.6 Å². The number of piperidine rings is 1. The molecular weight excluding hydrogens is 533 g/mol. The standard InChI is InChI=1S/C28H36ClF3N4O3/c1-3-34(4-2)25(37)23-11-10-20(16-24(23)29)33-21-17-36(18-21)22-12-14-35(15-13-22)26(38)27(39,28(30,31)32)19-8-6-5-7-9-19/h6,8-11,16,21-22,33,39H,3-5,7,12-15,17-18H2,1-2H3. The first-order valence-electron chi connectivity index (χ1n) is 13.5. The molecule has 3 aliphatic rings. The molecule has 0 aromatic heterocycles. The van der Waals surface area contributed by atoms with Gasteiger partial charge in [0.25, 0.3) is 17.4 Å². The molecule has 0 bridgehead atoms. The zero-order valence-electron chi connectivity index (χ0n) is 22.3. The van der Waals surface area contributed by atoms with E-state index in [1.54, 1.807) is 23.1 Å². The van der Waals surface area contributed by atoms with Crippen LogP contribution in [0.2, 0.25) is 5.02 Å². The van der Waals surface area contributed by atoms with E-state index in [1.165, 1.54) is 12.2 Å². The zero-order chi connectivity index (χ0) is 28.4. The molecule has 11 heteroatoms. The summed E-state index contributed by atoms with van der Waals surface area (Å²) in [6, 6.07) is 5.65. The molecule has 1 aromatic carbocycles. The maximum Gasteiger partial charge on any atom is 0.430 e. The van der Waals surface area contributed by atoms with Crippen molar-refractivity contribution in [3.63, 3.8) is 0 Å². The molecule has 1 unspecified atom stereocenters. The number of rotatable bonds is 8. The quantitative estimate of drug-likeness (QED) is 0.484. The van der Waals surface area contributed by atoms with Gasteiger partial charge >= 0.3 is 6.18 Å². The fourth-order valence-electron chi connectivity index (χ4n) is 5.55. The van der Waals surface area contributed by atoms with Crippen molar-refractivity contribution in [1.82, 2.24) is 14.7 Å². The molecule has 4 rings (SSSR count). The maximum atomic E-state index is 13.9. The minimum atomic E-state index is -5.11. The Morgan fingerprint density at radius 2 is 1.79 bits per heavy atom. The number of hydrogen-bond donors (Lipinski definition) is 2. The maximum absolute atomic E-state index is 13.9. The number of hydrogen-bond acceptors (Lipinski definition) is 5. The van der Waals surface area contributed by atoms with Crippen LogP contribution in [0, 0.1) is 0 Å². The number of benzene rings is 1. The summed E-state index contributed by atoms with van der Waals surface area (Å²) in [6.45, 7) is 6.87. The largest absolute Gasteiger partial charge is 0.430 e. The first-order valence-corrected chi connectivity index (χ1v) is 13.9. The van der Waals surface area contributed by atoms with Gasteiger partial charge in [-0.2, -0.15) is 13.2 Å². The predicted molar refractivity (Wildman–Crippen MR) is 145 cm³/mol. The average molecular weight is 569 g/mol. The van der Waals surface area contributed by atoms with Crippen LogP contribution < -0.4 is 5.32 Å². The number of nitrogens with one attached hydrogen (secondary N) is 1. The number of nitrogens with zero attached hydrogens (tertiary/aromatic N) is 3. The minimum Gasteiger partial charge on any atom is -0.380 e. The van der Waals surface area contributed by atoms with Crippen LogP contribution in [0.15, 0.2) is 42.0 Å². The molecule has 2 fully saturated rings. The van der Waals surface area contributed by atoms with Gasteiger partial charge in [0.15, 0.2) is 0 Å². The molecule has 2 heterocycles. The molecular formula is C28H36ClF3N4O3. The van der Waals surface area contributed by atoms with Crippen LogP contribution in [0.3, 0.4) is 0 Å². The molecule has 2 saturated heterocycles. The number of alkyl halides is 3. The fraction of sp³-hybridized carbons (Fsp3) is 0.571. The Morgan fingerprint density at radius 1 is 1.13 bits per heavy atom. The normalized spacial score (nSPS) is 20.7. The lowest BCUT2D eigenvalue weighted by Gasteiger charge is -2.48. The third-order valence-electron chi connectivity index (χ3n) is 7.93. The second kappa shape index (κ2) is 11.9. The summed E-state index contributed by atoms with van der Waals surface area (Å²) in [5.74, 6) is -1.40. The molecule has 39 heavy (non-hydrogen) atoms. The molecule has 1 aromatic rings. The summed E-state index contributed by atoms with van der Waals surface area (Å²) < 4.78 is 41.8. The number of allylic oxidation sites excluding steroid dienone is 2. The number of halogens is 4. The van der Waals surface area contributed by atoms with E-state index >= 15 is 0 Å². The van der Waals surface area contributed by atoms with Gasteiger partial charge in [0, 0.05) is 51.0 Å². The highest BCUT2D eigenvalue weighted by molar-refractivity contribution is 6.34. The van der Waals surface area contributed by atoms with E-state index in [0.717, 1.165) is 23.7 Å². The van der Waals surface area contributed by atoms with Crippen molar-refractivity contribution in [3.05, 3.63) is 52.6 Å². The number of likely N-dealkylation sites (tertiary alicyclic amines) is 2. The Balaban J connectivity index is 1.29. The van der Waals surface area contributed by atoms with E-state index in [1.807, 2.05) is 19.9 Å². The Hall–Kier alpha value is -2.56. The van der Waals surface area contributed by atoms with Crippen molar-refractivity contribution in [2.45, 2.75) is 63.4 Å². The zero-order valence-corrected chi connectivity index (χ0v) is 23.1. The van der Waals surface area contributed by atoms with Crippen molar-refractivity contribution in [1.29, 1.82) is 0 Å². The Bertz CT molecular complexity index is 1120. The van der Waals surface area contributed by atoms with Crippen LogP contribution in [-0.2, 0) is 4.79 Å². The van der Waals surface area contributed by atoms with Crippen LogP contribution in [0.5, 0.6) is 0 Å². The second-order valence-electron chi connectivity index (χ2n) is 10.3. The van der Waals surface area contributed by atoms with E-state index in [2.05, 4.69) is 10.2 Å². The van der Waals surface area contributed by atoms with Gasteiger partial charge in [0.05, 0.1) is 16.6 Å². The fourth-order valence-corrected chi connectivity index (χ4v) is 5.81. The summed E-state index contributed by atoms with van der Waals surface area (Å²) >= 11 is 6.40. The van der Waals surface area contributed by atoms with Crippen LogP contribution in [0.25, 0.3) is 0 Å². The van der Waals surface area contributed by atoms with Gasteiger partial charge in [-0.15, -0.1) is 0 Å². The predicted octanol–water partition coefficient (Wildman–Crippen LogP) is 4.48. The molecule has 214 valence electrons. The van der Waals surface area contributed by atoms with Gasteiger partial charge in [-0.3, -0.25) is 14.5 Å². The summed E-state index contributed by atoms with van der Waals surface area (Å²) in [5.41, 5.74) is -2.63. The van der Waals surface area contributed by atoms with Gasteiger partial charge in [0.2, 0.25) is 0 Å². The van der Waals surface area contributed by atoms with Gasteiger partial charge in [0.1, 0.15) is 0 Å². The SMILES string of the molecule is CCN(CC)C(=O)c1ccc(NC2CN(C3CCN(C(=O)C(O)(C4=CCCC=C4)C(F)(F)F)CC3)C2)cc1Cl. The second-order valence-corrected chi connectivity index (χ2v) is 10.7. The minimum absolute atomic E-state index is 0.100. The van der Waals surface area contributed by atoms with Crippen LogP contribution >= 0.6 is 11.6 Å². The molecule has 0 radical (unpaired) electrons. The highest BCUT2D eigenvalue weighted by Gasteiger charge is 2.62. The number of aliphatic hydroxyl groups is 1. The molecule has 0 saturated carbocycles. The van der Waals surface area contributed by atoms with Gasteiger partial charge < -0.3 is 20.2 Å². The summed E-state index contributed by atoms with van der Waals surface area (Å²) in [4.78, 5) is 30.7. The average Bonchev–Trinajstić information content (AvgIpc) is 2.90. The lowest BCUT2D eigenvalue weighted by Crippen LogP contribution is -2.63. The molecule has 7 nitrogen and oxygen atoms in total. The van der Waals surface area contributed by atoms with Crippen LogP contribution in [0.1, 0.15) is 49.9 Å². The van der Waals surface area contributed by atoms with Crippen molar-refractivity contribution in [2.24, 2.45) is 0 Å². The molecule has 2 N–H and O–H groups in total. The first-order chi connectivity index (χ1) is 18.5. The third-order valence-corrected chi connectivity index (χ3v) is 8.24. The van der Waals surface area contributed by atoms with Crippen molar-refractivity contribution in [3.8, 4) is 0 Å². The monoisotopic (exact) mass is 568 g/mol. The smallest absolute Gasteiger partial charge is 0.380 e. The van der Waals surface area contributed by atoms with Crippen molar-refractivity contribution >= 4 is 29.1 Å². The van der Waals surface area contributed by atoms with E-state index < -0.39 is 23.3 Å². The lowest BCUT2D eigenvalue weighted by molar-refractivity contribution is -0.242. The summed E-state index contributed by atoms with van der Waals surface area (Å²) in [6.07, 6.45) is 0.961. The molecule has 1 aliphatic carbocycles. The topological polar surface area (TPSA) is 76.1 Å². The highest BCUT2D eigenvalue weighted by atomic mass is 35.5. The highest BCUT2D eigenvalue weighted by Crippen LogP contribution is 2.40. The van der Waals surface area contributed by atoms with E-state index in [9.17, 15) is 27.9 Å². The van der Waals surface area contributed by atoms with Crippen LogP contribution in [-0.4, -0.2) is 94.8 Å². The first kappa shape index (κ1) is 29.4. The Morgan fingerprint density at radius 3 is 2.33 bits per heavy atom. The lowest BCUT2D eigenvalue weighted by atomic mass is 9.86. The molecule has 0 spiro atoms. The molecule has 1 atom stereocenters. The number of anilines is 1. The number of amides is 2.